The van der Waals surface area contributed by atoms with Crippen molar-refractivity contribution in [2.75, 3.05) is 20.8 Å². The van der Waals surface area contributed by atoms with Crippen LogP contribution in [0.25, 0.3) is 11.0 Å². The monoisotopic (exact) mass is 364 g/mol. The number of rotatable bonds is 8. The molecule has 9 heteroatoms. The lowest BCUT2D eigenvalue weighted by molar-refractivity contribution is -0.141. The number of carbonyl (C=O) groups excluding carboxylic acids is 1. The molecule has 0 aliphatic carbocycles. The molecular weight excluding hydrogens is 344 g/mol. The first-order chi connectivity index (χ1) is 12.4. The van der Waals surface area contributed by atoms with Crippen LogP contribution >= 0.6 is 0 Å². The third kappa shape index (κ3) is 4.31. The van der Waals surface area contributed by atoms with E-state index >= 15 is 0 Å². The number of carbonyl (C=O) groups is 2. The number of hydrogen-bond donors (Lipinski definition) is 3. The number of nitrogens with two attached hydrogens (primary N) is 1. The van der Waals surface area contributed by atoms with Gasteiger partial charge in [-0.3, -0.25) is 4.79 Å². The van der Waals surface area contributed by atoms with Gasteiger partial charge in [0, 0.05) is 36.9 Å². The molecule has 0 saturated heterocycles. The van der Waals surface area contributed by atoms with Crippen molar-refractivity contribution in [2.24, 2.45) is 5.73 Å². The van der Waals surface area contributed by atoms with Crippen LogP contribution in [-0.4, -0.2) is 43.8 Å². The van der Waals surface area contributed by atoms with Gasteiger partial charge >= 0.3 is 11.6 Å². The lowest BCUT2D eigenvalue weighted by atomic mass is 10.0. The lowest BCUT2D eigenvalue weighted by Gasteiger charge is -2.16. The Labute approximate surface area is 148 Å². The van der Waals surface area contributed by atoms with Gasteiger partial charge < -0.3 is 30.0 Å². The van der Waals surface area contributed by atoms with Crippen molar-refractivity contribution >= 4 is 22.8 Å². The molecule has 0 bridgehead atoms. The Morgan fingerprint density at radius 3 is 2.46 bits per heavy atom. The smallest absolute Gasteiger partial charge is 0.336 e. The fourth-order valence-corrected chi connectivity index (χ4v) is 2.54. The number of aliphatic carboxylic acids is 1. The van der Waals surface area contributed by atoms with E-state index in [2.05, 4.69) is 5.32 Å². The van der Waals surface area contributed by atoms with Crippen molar-refractivity contribution in [1.29, 1.82) is 0 Å². The number of fused-ring (bicyclic) bond motifs is 1. The summed E-state index contributed by atoms with van der Waals surface area (Å²) < 4.78 is 15.6. The molecule has 2 rings (SSSR count). The minimum absolute atomic E-state index is 0.00643. The number of hydrogen-bond acceptors (Lipinski definition) is 7. The minimum atomic E-state index is -1.22. The maximum atomic E-state index is 11.8. The van der Waals surface area contributed by atoms with Crippen LogP contribution in [0.5, 0.6) is 11.5 Å². The highest BCUT2D eigenvalue weighted by Gasteiger charge is 2.22. The molecule has 26 heavy (non-hydrogen) atoms. The van der Waals surface area contributed by atoms with Gasteiger partial charge in [0.25, 0.3) is 0 Å². The van der Waals surface area contributed by atoms with Crippen LogP contribution in [0, 0.1) is 0 Å². The molecule has 0 aliphatic rings. The van der Waals surface area contributed by atoms with E-state index in [0.29, 0.717) is 22.4 Å². The summed E-state index contributed by atoms with van der Waals surface area (Å²) >= 11 is 0. The lowest BCUT2D eigenvalue weighted by Crippen LogP contribution is -2.43. The fourth-order valence-electron chi connectivity index (χ4n) is 2.54. The second-order valence-corrected chi connectivity index (χ2v) is 5.50. The van der Waals surface area contributed by atoms with Gasteiger partial charge in [-0.05, 0) is 11.6 Å². The highest BCUT2D eigenvalue weighted by atomic mass is 16.5. The fraction of sp³-hybridized carbons (Fsp3) is 0.353. The van der Waals surface area contributed by atoms with Crippen molar-refractivity contribution in [3.8, 4) is 11.5 Å². The van der Waals surface area contributed by atoms with E-state index in [-0.39, 0.29) is 25.0 Å². The molecule has 1 aromatic carbocycles. The molecule has 1 unspecified atom stereocenters. The van der Waals surface area contributed by atoms with Gasteiger partial charge in [0.05, 0.1) is 14.2 Å². The molecule has 0 spiro atoms. The van der Waals surface area contributed by atoms with Crippen molar-refractivity contribution in [3.05, 3.63) is 34.2 Å². The zero-order valence-electron chi connectivity index (χ0n) is 14.4. The molecular formula is C17H20N2O7. The van der Waals surface area contributed by atoms with Crippen LogP contribution < -0.4 is 26.1 Å². The number of methoxy groups -OCH3 is 2. The Morgan fingerprint density at radius 2 is 1.88 bits per heavy atom. The van der Waals surface area contributed by atoms with E-state index in [1.54, 1.807) is 6.07 Å². The summed E-state index contributed by atoms with van der Waals surface area (Å²) in [6, 6.07) is 3.06. The predicted octanol–water partition coefficient (Wildman–Crippen LogP) is 0.271. The van der Waals surface area contributed by atoms with Crippen LogP contribution in [0.15, 0.2) is 27.4 Å². The van der Waals surface area contributed by atoms with E-state index in [1.165, 1.54) is 26.4 Å². The summed E-state index contributed by atoms with van der Waals surface area (Å²) in [5.74, 6) is -0.941. The van der Waals surface area contributed by atoms with E-state index in [4.69, 9.17) is 19.6 Å². The normalized spacial score (nSPS) is 11.8. The Hall–Kier alpha value is -3.07. The highest BCUT2D eigenvalue weighted by molar-refractivity contribution is 5.87. The third-order valence-electron chi connectivity index (χ3n) is 3.76. The number of benzene rings is 1. The molecule has 1 heterocycles. The SMILES string of the molecule is COc1cc2oc(=O)cc(CC(NC(=O)CCN)C(=O)O)c2cc1OC. The van der Waals surface area contributed by atoms with Gasteiger partial charge in [-0.2, -0.15) is 0 Å². The molecule has 0 fully saturated rings. The van der Waals surface area contributed by atoms with Gasteiger partial charge in [0.1, 0.15) is 11.6 Å². The van der Waals surface area contributed by atoms with E-state index in [1.807, 2.05) is 0 Å². The summed E-state index contributed by atoms with van der Waals surface area (Å²) in [4.78, 5) is 35.0. The molecule has 1 amide bonds. The number of carboxylic acid groups (broad SMARTS) is 1. The summed E-state index contributed by atoms with van der Waals surface area (Å²) in [7, 11) is 2.90. The Bertz CT molecular complexity index is 875. The maximum absolute atomic E-state index is 11.8. The zero-order chi connectivity index (χ0) is 19.3. The van der Waals surface area contributed by atoms with Crippen molar-refractivity contribution < 1.29 is 28.6 Å². The number of nitrogens with one attached hydrogen (secondary N) is 1. The van der Waals surface area contributed by atoms with Gasteiger partial charge in [0.2, 0.25) is 5.91 Å². The zero-order valence-corrected chi connectivity index (χ0v) is 14.4. The van der Waals surface area contributed by atoms with Crippen molar-refractivity contribution in [1.82, 2.24) is 5.32 Å². The number of carboxylic acids is 1. The van der Waals surface area contributed by atoms with Gasteiger partial charge in [-0.15, -0.1) is 0 Å². The van der Waals surface area contributed by atoms with E-state index in [0.717, 1.165) is 0 Å². The average Bonchev–Trinajstić information content (AvgIpc) is 2.59. The second-order valence-electron chi connectivity index (χ2n) is 5.50. The topological polar surface area (TPSA) is 141 Å². The molecule has 1 atom stereocenters. The number of amides is 1. The first kappa shape index (κ1) is 19.3. The average molecular weight is 364 g/mol. The Morgan fingerprint density at radius 1 is 1.23 bits per heavy atom. The molecule has 140 valence electrons. The molecule has 4 N–H and O–H groups in total. The quantitative estimate of drug-likeness (QED) is 0.567. The molecule has 0 saturated carbocycles. The Kier molecular flexibility index (Phi) is 6.18. The minimum Gasteiger partial charge on any atom is -0.493 e. The molecule has 0 aliphatic heterocycles. The van der Waals surface area contributed by atoms with Gasteiger partial charge in [-0.1, -0.05) is 0 Å². The van der Waals surface area contributed by atoms with Crippen LogP contribution in [0.2, 0.25) is 0 Å². The molecule has 1 aromatic heterocycles. The van der Waals surface area contributed by atoms with Gasteiger partial charge in [0.15, 0.2) is 11.5 Å². The van der Waals surface area contributed by atoms with Crippen molar-refractivity contribution in [2.45, 2.75) is 18.9 Å². The van der Waals surface area contributed by atoms with Crippen LogP contribution in [-0.2, 0) is 16.0 Å². The summed E-state index contributed by atoms with van der Waals surface area (Å²) in [5.41, 5.74) is 5.28. The maximum Gasteiger partial charge on any atom is 0.336 e. The van der Waals surface area contributed by atoms with E-state index in [9.17, 15) is 19.5 Å². The standard InChI is InChI=1S/C17H20N2O7/c1-24-13-7-10-9(5-11(17(22)23)19-15(20)3-4-18)6-16(21)26-12(10)8-14(13)25-2/h6-8,11H,3-5,18H2,1-2H3,(H,19,20)(H,22,23). The van der Waals surface area contributed by atoms with E-state index < -0.39 is 23.5 Å². The highest BCUT2D eigenvalue weighted by Crippen LogP contribution is 2.33. The molecule has 0 radical (unpaired) electrons. The predicted molar refractivity (Wildman–Crippen MR) is 92.5 cm³/mol. The first-order valence-electron chi connectivity index (χ1n) is 7.80. The van der Waals surface area contributed by atoms with Crippen molar-refractivity contribution in [3.63, 3.8) is 0 Å². The van der Waals surface area contributed by atoms with Crippen LogP contribution in [0.4, 0.5) is 0 Å². The summed E-state index contributed by atoms with van der Waals surface area (Å²) in [6.07, 6.45) is -0.101. The number of ether oxygens (including phenoxy) is 2. The Balaban J connectivity index is 2.48. The second kappa shape index (κ2) is 8.34. The van der Waals surface area contributed by atoms with Gasteiger partial charge in [-0.25, -0.2) is 9.59 Å². The third-order valence-corrected chi connectivity index (χ3v) is 3.76. The van der Waals surface area contributed by atoms with Crippen LogP contribution in [0.1, 0.15) is 12.0 Å². The van der Waals surface area contributed by atoms with Crippen LogP contribution in [0.3, 0.4) is 0 Å². The molecule has 2 aromatic rings. The largest absolute Gasteiger partial charge is 0.493 e. The summed E-state index contributed by atoms with van der Waals surface area (Å²) in [6.45, 7) is 0.104. The summed E-state index contributed by atoms with van der Waals surface area (Å²) in [5, 5.41) is 12.3. The first-order valence-corrected chi connectivity index (χ1v) is 7.80. The molecule has 9 nitrogen and oxygen atoms in total.